The lowest BCUT2D eigenvalue weighted by Gasteiger charge is -2.35. The maximum absolute atomic E-state index is 14.1. The van der Waals surface area contributed by atoms with Gasteiger partial charge in [-0.1, -0.05) is 25.4 Å². The summed E-state index contributed by atoms with van der Waals surface area (Å²) in [5, 5.41) is 16.7. The molecule has 2 heterocycles. The zero-order valence-electron chi connectivity index (χ0n) is 22.4. The number of aliphatic hydroxyl groups is 1. The zero-order valence-corrected chi connectivity index (χ0v) is 24.0. The summed E-state index contributed by atoms with van der Waals surface area (Å²) in [6.07, 6.45) is -5.38. The molecule has 0 atom stereocenters. The fourth-order valence-electron chi connectivity index (χ4n) is 4.68. The number of halogens is 6. The van der Waals surface area contributed by atoms with Crippen LogP contribution in [-0.4, -0.2) is 64.0 Å². The van der Waals surface area contributed by atoms with Crippen molar-refractivity contribution in [3.63, 3.8) is 0 Å². The molecule has 1 fully saturated rings. The Bertz CT molecular complexity index is 1350. The summed E-state index contributed by atoms with van der Waals surface area (Å²) in [4.78, 5) is 16.9. The maximum Gasteiger partial charge on any atom is 0.394 e. The number of hydrogen-bond acceptors (Lipinski definition) is 6. The molecule has 1 saturated carbocycles. The van der Waals surface area contributed by atoms with Crippen molar-refractivity contribution in [2.45, 2.75) is 82.9 Å². The molecule has 0 unspecified atom stereocenters. The number of nitrogens with zero attached hydrogens (tertiary/aromatic N) is 3. The van der Waals surface area contributed by atoms with Gasteiger partial charge < -0.3 is 10.4 Å². The quantitative estimate of drug-likeness (QED) is 0.378. The molecule has 224 valence electrons. The molecule has 40 heavy (non-hydrogen) atoms. The molecular formula is C25H32ClF5N4O4S. The minimum Gasteiger partial charge on any atom is -0.388 e. The molecule has 2 N–H and O–H groups in total. The molecule has 1 aliphatic rings. The first-order valence-electron chi connectivity index (χ1n) is 12.6. The normalized spacial score (nSPS) is 20.6. The van der Waals surface area contributed by atoms with Crippen LogP contribution in [0.25, 0.3) is 11.3 Å². The summed E-state index contributed by atoms with van der Waals surface area (Å²) in [6.45, 7) is 3.44. The largest absolute Gasteiger partial charge is 0.394 e. The number of hydrogen-bond donors (Lipinski definition) is 2. The number of nitrogens with one attached hydrogen (secondary N) is 1. The first-order valence-corrected chi connectivity index (χ1v) is 14.9. The van der Waals surface area contributed by atoms with Crippen LogP contribution in [0, 0.1) is 5.41 Å². The second kappa shape index (κ2) is 11.5. The van der Waals surface area contributed by atoms with Gasteiger partial charge in [0.15, 0.2) is 5.69 Å². The van der Waals surface area contributed by atoms with Gasteiger partial charge >= 0.3 is 6.18 Å². The van der Waals surface area contributed by atoms with Crippen LogP contribution >= 0.6 is 11.6 Å². The Kier molecular flexibility index (Phi) is 9.27. The molecule has 2 aromatic heterocycles. The zero-order chi connectivity index (χ0) is 30.3. The van der Waals surface area contributed by atoms with Crippen molar-refractivity contribution in [2.75, 3.05) is 12.8 Å². The topological polar surface area (TPSA) is 114 Å². The van der Waals surface area contributed by atoms with Crippen LogP contribution in [0.1, 0.15) is 74.6 Å². The van der Waals surface area contributed by atoms with Gasteiger partial charge in [-0.05, 0) is 38.7 Å². The van der Waals surface area contributed by atoms with Crippen molar-refractivity contribution in [3.05, 3.63) is 34.2 Å². The second-order valence-corrected chi connectivity index (χ2v) is 13.6. The molecule has 0 aromatic carbocycles. The van der Waals surface area contributed by atoms with E-state index in [4.69, 9.17) is 11.6 Å². The van der Waals surface area contributed by atoms with Gasteiger partial charge in [0.2, 0.25) is 0 Å². The Hall–Kier alpha value is -2.32. The number of alkyl halides is 5. The van der Waals surface area contributed by atoms with Crippen LogP contribution in [-0.2, 0) is 22.8 Å². The van der Waals surface area contributed by atoms with E-state index in [1.54, 1.807) is 6.92 Å². The summed E-state index contributed by atoms with van der Waals surface area (Å²) in [6, 6.07) is 0.902. The molecule has 0 spiro atoms. The SMILES string of the molecule is CCn1nc(C(=O)NC[C@]2(O)CC[C@@H](S(C)(=O)=O)CC2)c(Cl)c1-c1cnc(CC(C)(C)C(F)(F)F)cc1C(F)F. The number of carbonyl (C=O) groups excluding carboxylic acids is 1. The van der Waals surface area contributed by atoms with E-state index < -0.39 is 56.6 Å². The number of pyridine rings is 1. The number of sulfone groups is 1. The van der Waals surface area contributed by atoms with E-state index in [1.807, 2.05) is 0 Å². The molecule has 8 nitrogen and oxygen atoms in total. The number of aryl methyl sites for hydroxylation is 1. The van der Waals surface area contributed by atoms with Crippen molar-refractivity contribution < 1.29 is 40.3 Å². The van der Waals surface area contributed by atoms with Gasteiger partial charge in [0.1, 0.15) is 9.84 Å². The molecule has 3 rings (SSSR count). The van der Waals surface area contributed by atoms with Crippen molar-refractivity contribution in [1.82, 2.24) is 20.1 Å². The van der Waals surface area contributed by atoms with Gasteiger partial charge in [-0.3, -0.25) is 14.5 Å². The molecule has 1 amide bonds. The summed E-state index contributed by atoms with van der Waals surface area (Å²) < 4.78 is 93.0. The standard InChI is InChI=1S/C25H32ClF5N4O4S/c1-5-35-20(17-12-32-14(10-16(17)21(27)28)11-23(2,3)25(29,30)31)18(26)19(34-35)22(36)33-13-24(37)8-6-15(7-9-24)40(4,38)39/h10,12,15,21,37H,5-9,11,13H2,1-4H3,(H,33,36)/t15-,24+. The van der Waals surface area contributed by atoms with Gasteiger partial charge in [-0.25, -0.2) is 17.2 Å². The average molecular weight is 615 g/mol. The lowest BCUT2D eigenvalue weighted by atomic mass is 9.84. The smallest absolute Gasteiger partial charge is 0.388 e. The van der Waals surface area contributed by atoms with Crippen molar-refractivity contribution in [3.8, 4) is 11.3 Å². The number of rotatable bonds is 9. The van der Waals surface area contributed by atoms with Gasteiger partial charge in [0.05, 0.1) is 27.0 Å². The number of carbonyl (C=O) groups is 1. The highest BCUT2D eigenvalue weighted by atomic mass is 35.5. The van der Waals surface area contributed by atoms with Crippen molar-refractivity contribution in [1.29, 1.82) is 0 Å². The first kappa shape index (κ1) is 32.2. The average Bonchev–Trinajstić information content (AvgIpc) is 3.17. The highest BCUT2D eigenvalue weighted by Crippen LogP contribution is 2.42. The summed E-state index contributed by atoms with van der Waals surface area (Å²) in [5.74, 6) is -0.785. The van der Waals surface area contributed by atoms with E-state index in [1.165, 1.54) is 4.68 Å². The molecule has 0 aliphatic heterocycles. The Labute approximate surface area is 234 Å². The Balaban J connectivity index is 1.87. The van der Waals surface area contributed by atoms with Crippen LogP contribution in [0.5, 0.6) is 0 Å². The van der Waals surface area contributed by atoms with E-state index in [9.17, 15) is 40.3 Å². The van der Waals surface area contributed by atoms with Crippen LogP contribution in [0.3, 0.4) is 0 Å². The molecule has 15 heteroatoms. The predicted molar refractivity (Wildman–Crippen MR) is 139 cm³/mol. The third-order valence-corrected chi connectivity index (χ3v) is 9.37. The molecule has 0 bridgehead atoms. The molecule has 2 aromatic rings. The van der Waals surface area contributed by atoms with Crippen LogP contribution in [0.2, 0.25) is 5.02 Å². The van der Waals surface area contributed by atoms with Gasteiger partial charge in [-0.2, -0.15) is 18.3 Å². The molecular weight excluding hydrogens is 583 g/mol. The van der Waals surface area contributed by atoms with Gasteiger partial charge in [0, 0.05) is 48.8 Å². The third kappa shape index (κ3) is 6.93. The Morgan fingerprint density at radius 2 is 1.88 bits per heavy atom. The van der Waals surface area contributed by atoms with Crippen LogP contribution in [0.15, 0.2) is 12.3 Å². The Morgan fingerprint density at radius 3 is 2.38 bits per heavy atom. The van der Waals surface area contributed by atoms with E-state index in [0.717, 1.165) is 32.4 Å². The molecule has 0 saturated heterocycles. The fourth-order valence-corrected chi connectivity index (χ4v) is 6.09. The monoisotopic (exact) mass is 614 g/mol. The van der Waals surface area contributed by atoms with Crippen molar-refractivity contribution >= 4 is 27.3 Å². The van der Waals surface area contributed by atoms with Crippen LogP contribution < -0.4 is 5.32 Å². The van der Waals surface area contributed by atoms with E-state index in [-0.39, 0.29) is 66.4 Å². The summed E-state index contributed by atoms with van der Waals surface area (Å²) in [5.41, 5.74) is -4.87. The van der Waals surface area contributed by atoms with Gasteiger partial charge in [-0.15, -0.1) is 0 Å². The molecule has 0 radical (unpaired) electrons. The lowest BCUT2D eigenvalue weighted by Crippen LogP contribution is -2.47. The minimum atomic E-state index is -4.58. The summed E-state index contributed by atoms with van der Waals surface area (Å²) >= 11 is 6.45. The third-order valence-electron chi connectivity index (χ3n) is 7.33. The maximum atomic E-state index is 14.1. The van der Waals surface area contributed by atoms with E-state index in [0.29, 0.717) is 0 Å². The van der Waals surface area contributed by atoms with Gasteiger partial charge in [0.25, 0.3) is 12.3 Å². The van der Waals surface area contributed by atoms with Crippen molar-refractivity contribution in [2.24, 2.45) is 5.41 Å². The highest BCUT2D eigenvalue weighted by molar-refractivity contribution is 7.91. The predicted octanol–water partition coefficient (Wildman–Crippen LogP) is 5.14. The Morgan fingerprint density at radius 1 is 1.27 bits per heavy atom. The number of amides is 1. The minimum absolute atomic E-state index is 0.0499. The van der Waals surface area contributed by atoms with E-state index >= 15 is 0 Å². The van der Waals surface area contributed by atoms with E-state index in [2.05, 4.69) is 15.4 Å². The second-order valence-electron chi connectivity index (χ2n) is 10.9. The van der Waals surface area contributed by atoms with Crippen LogP contribution in [0.4, 0.5) is 22.0 Å². The lowest BCUT2D eigenvalue weighted by molar-refractivity contribution is -0.211. The molecule has 1 aliphatic carbocycles. The number of aromatic nitrogens is 3. The first-order chi connectivity index (χ1) is 18.3. The fraction of sp³-hybridized carbons (Fsp3) is 0.640. The summed E-state index contributed by atoms with van der Waals surface area (Å²) in [7, 11) is -3.25. The highest BCUT2D eigenvalue weighted by Gasteiger charge is 2.47.